The zero-order valence-corrected chi connectivity index (χ0v) is 10.9. The van der Waals surface area contributed by atoms with Crippen molar-refractivity contribution in [1.82, 2.24) is 10.3 Å². The molecule has 1 heterocycles. The number of amides is 1. The van der Waals surface area contributed by atoms with Gasteiger partial charge in [-0.3, -0.25) is 0 Å². The Kier molecular flexibility index (Phi) is 4.30. The molecule has 1 aromatic heterocycles. The molecule has 2 aromatic rings. The summed E-state index contributed by atoms with van der Waals surface area (Å²) in [7, 11) is 0. The molecule has 0 saturated heterocycles. The Morgan fingerprint density at radius 2 is 2.17 bits per heavy atom. The van der Waals surface area contributed by atoms with Crippen LogP contribution in [0.2, 0.25) is 0 Å². The number of rotatable bonds is 4. The van der Waals surface area contributed by atoms with Crippen LogP contribution in [0.15, 0.2) is 35.8 Å². The number of hydrogen-bond donors (Lipinski definition) is 1. The summed E-state index contributed by atoms with van der Waals surface area (Å²) in [5.41, 5.74) is 2.84. The maximum Gasteiger partial charge on any atom is 0.412 e. The van der Waals surface area contributed by atoms with Crippen LogP contribution in [0.3, 0.4) is 0 Å². The molecule has 1 N–H and O–H groups in total. The Morgan fingerprint density at radius 3 is 2.83 bits per heavy atom. The highest BCUT2D eigenvalue weighted by atomic mass is 32.1. The quantitative estimate of drug-likeness (QED) is 0.921. The minimum absolute atomic E-state index is 0.427. The molecule has 0 atom stereocenters. The minimum atomic E-state index is -0.427. The molecular formula is C13H14N2O2S. The Bertz CT molecular complexity index is 511. The molecule has 0 unspecified atom stereocenters. The number of carbonyl (C=O) groups excluding carboxylic acids is 1. The largest absolute Gasteiger partial charge is 0.412 e. The third kappa shape index (κ3) is 3.56. The Morgan fingerprint density at radius 1 is 1.39 bits per heavy atom. The second kappa shape index (κ2) is 6.16. The molecule has 5 heteroatoms. The van der Waals surface area contributed by atoms with Gasteiger partial charge in [-0.25, -0.2) is 9.78 Å². The number of para-hydroxylation sites is 1. The Hall–Kier alpha value is -1.88. The van der Waals surface area contributed by atoms with Crippen molar-refractivity contribution in [3.8, 4) is 5.75 Å². The summed E-state index contributed by atoms with van der Waals surface area (Å²) in [6.07, 6.45) is 0.351. The first-order valence-electron chi connectivity index (χ1n) is 5.65. The van der Waals surface area contributed by atoms with E-state index in [1.165, 1.54) is 4.88 Å². The lowest BCUT2D eigenvalue weighted by atomic mass is 10.3. The first-order valence-corrected chi connectivity index (χ1v) is 6.53. The number of aryl methyl sites for hydroxylation is 1. The van der Waals surface area contributed by atoms with Crippen LogP contribution in [0.25, 0.3) is 0 Å². The normalized spacial score (nSPS) is 10.1. The van der Waals surface area contributed by atoms with Crippen molar-refractivity contribution in [2.45, 2.75) is 13.3 Å². The van der Waals surface area contributed by atoms with Crippen molar-refractivity contribution in [2.24, 2.45) is 0 Å². The Balaban J connectivity index is 1.74. The molecule has 0 radical (unpaired) electrons. The van der Waals surface area contributed by atoms with Crippen molar-refractivity contribution < 1.29 is 9.53 Å². The number of thiazole rings is 1. The number of hydrogen-bond acceptors (Lipinski definition) is 4. The van der Waals surface area contributed by atoms with Crippen LogP contribution in [-0.2, 0) is 6.42 Å². The monoisotopic (exact) mass is 262 g/mol. The van der Waals surface area contributed by atoms with Crippen molar-refractivity contribution in [3.05, 3.63) is 46.4 Å². The predicted octanol–water partition coefficient (Wildman–Crippen LogP) is 2.78. The molecule has 0 aliphatic carbocycles. The minimum Gasteiger partial charge on any atom is -0.410 e. The van der Waals surface area contributed by atoms with E-state index in [0.29, 0.717) is 12.3 Å². The molecule has 0 bridgehead atoms. The van der Waals surface area contributed by atoms with Gasteiger partial charge < -0.3 is 10.1 Å². The van der Waals surface area contributed by atoms with E-state index in [0.717, 1.165) is 12.1 Å². The number of ether oxygens (including phenoxy) is 1. The van der Waals surface area contributed by atoms with Crippen molar-refractivity contribution in [3.63, 3.8) is 0 Å². The first kappa shape index (κ1) is 12.6. The van der Waals surface area contributed by atoms with Gasteiger partial charge in [-0.1, -0.05) is 18.2 Å². The molecule has 1 amide bonds. The second-order valence-corrected chi connectivity index (χ2v) is 4.68. The van der Waals surface area contributed by atoms with E-state index in [4.69, 9.17) is 4.74 Å². The number of benzene rings is 1. The average Bonchev–Trinajstić information content (AvgIpc) is 2.76. The van der Waals surface area contributed by atoms with E-state index >= 15 is 0 Å². The summed E-state index contributed by atoms with van der Waals surface area (Å²) in [5, 5.41) is 2.71. The van der Waals surface area contributed by atoms with E-state index in [-0.39, 0.29) is 0 Å². The van der Waals surface area contributed by atoms with Gasteiger partial charge in [-0.2, -0.15) is 0 Å². The predicted molar refractivity (Wildman–Crippen MR) is 71.0 cm³/mol. The highest BCUT2D eigenvalue weighted by molar-refractivity contribution is 7.09. The lowest BCUT2D eigenvalue weighted by Crippen LogP contribution is -2.28. The fourth-order valence-electron chi connectivity index (χ4n) is 1.48. The molecule has 0 aliphatic rings. The molecule has 18 heavy (non-hydrogen) atoms. The molecular weight excluding hydrogens is 248 g/mol. The second-order valence-electron chi connectivity index (χ2n) is 3.74. The first-order chi connectivity index (χ1) is 8.75. The van der Waals surface area contributed by atoms with Gasteiger partial charge >= 0.3 is 6.09 Å². The molecule has 94 valence electrons. The smallest absolute Gasteiger partial charge is 0.410 e. The maximum atomic E-state index is 11.5. The van der Waals surface area contributed by atoms with Crippen LogP contribution in [0, 0.1) is 6.92 Å². The summed E-state index contributed by atoms with van der Waals surface area (Å²) < 4.78 is 5.10. The number of carbonyl (C=O) groups is 1. The summed E-state index contributed by atoms with van der Waals surface area (Å²) >= 11 is 1.60. The fraction of sp³-hybridized carbons (Fsp3) is 0.231. The summed E-state index contributed by atoms with van der Waals surface area (Å²) in [6.45, 7) is 2.52. The van der Waals surface area contributed by atoms with Gasteiger partial charge in [0.15, 0.2) is 0 Å². The number of aromatic nitrogens is 1. The standard InChI is InChI=1S/C13H14N2O2S/c1-10-12(18-9-15-10)7-8-14-13(16)17-11-5-3-2-4-6-11/h2-6,9H,7-8H2,1H3,(H,14,16). The fourth-order valence-corrected chi connectivity index (χ4v) is 2.26. The van der Waals surface area contributed by atoms with E-state index in [1.54, 1.807) is 23.5 Å². The maximum absolute atomic E-state index is 11.5. The van der Waals surface area contributed by atoms with Crippen LogP contribution in [0.5, 0.6) is 5.75 Å². The van der Waals surface area contributed by atoms with E-state index in [2.05, 4.69) is 10.3 Å². The van der Waals surface area contributed by atoms with Crippen LogP contribution in [0.1, 0.15) is 10.6 Å². The Labute approximate surface area is 110 Å². The topological polar surface area (TPSA) is 51.2 Å². The van der Waals surface area contributed by atoms with Gasteiger partial charge in [-0.15, -0.1) is 11.3 Å². The van der Waals surface area contributed by atoms with Gasteiger partial charge in [0.2, 0.25) is 0 Å². The highest BCUT2D eigenvalue weighted by Gasteiger charge is 2.05. The molecule has 4 nitrogen and oxygen atoms in total. The van der Waals surface area contributed by atoms with Gasteiger partial charge in [-0.05, 0) is 19.1 Å². The molecule has 0 saturated carbocycles. The summed E-state index contributed by atoms with van der Waals surface area (Å²) in [4.78, 5) is 16.8. The number of nitrogens with one attached hydrogen (secondary N) is 1. The van der Waals surface area contributed by atoms with Gasteiger partial charge in [0.1, 0.15) is 5.75 Å². The zero-order chi connectivity index (χ0) is 12.8. The highest BCUT2D eigenvalue weighted by Crippen LogP contribution is 2.12. The molecule has 0 aliphatic heterocycles. The molecule has 0 fully saturated rings. The van der Waals surface area contributed by atoms with Crippen LogP contribution in [-0.4, -0.2) is 17.6 Å². The molecule has 2 rings (SSSR count). The summed E-state index contributed by atoms with van der Waals surface area (Å²) in [6, 6.07) is 9.00. The van der Waals surface area contributed by atoms with E-state index in [9.17, 15) is 4.79 Å². The van der Waals surface area contributed by atoms with Crippen LogP contribution < -0.4 is 10.1 Å². The van der Waals surface area contributed by atoms with Crippen LogP contribution in [0.4, 0.5) is 4.79 Å². The third-order valence-corrected chi connectivity index (χ3v) is 3.41. The lowest BCUT2D eigenvalue weighted by molar-refractivity contribution is 0.200. The molecule has 0 spiro atoms. The van der Waals surface area contributed by atoms with Crippen LogP contribution >= 0.6 is 11.3 Å². The van der Waals surface area contributed by atoms with Gasteiger partial charge in [0, 0.05) is 17.8 Å². The molecule has 1 aromatic carbocycles. The van der Waals surface area contributed by atoms with Crippen molar-refractivity contribution in [1.29, 1.82) is 0 Å². The third-order valence-electron chi connectivity index (χ3n) is 2.42. The van der Waals surface area contributed by atoms with Crippen molar-refractivity contribution >= 4 is 17.4 Å². The van der Waals surface area contributed by atoms with Crippen molar-refractivity contribution in [2.75, 3.05) is 6.54 Å². The lowest BCUT2D eigenvalue weighted by Gasteiger charge is -2.05. The number of nitrogens with zero attached hydrogens (tertiary/aromatic N) is 1. The average molecular weight is 262 g/mol. The zero-order valence-electron chi connectivity index (χ0n) is 10.1. The van der Waals surface area contributed by atoms with E-state index < -0.39 is 6.09 Å². The summed E-state index contributed by atoms with van der Waals surface area (Å²) in [5.74, 6) is 0.545. The van der Waals surface area contributed by atoms with Gasteiger partial charge in [0.05, 0.1) is 11.2 Å². The van der Waals surface area contributed by atoms with E-state index in [1.807, 2.05) is 30.6 Å². The SMILES string of the molecule is Cc1ncsc1CCNC(=O)Oc1ccccc1. The van der Waals surface area contributed by atoms with Gasteiger partial charge in [0.25, 0.3) is 0 Å².